The maximum Gasteiger partial charge on any atom is 0.239 e. The molecule has 162 valence electrons. The predicted molar refractivity (Wildman–Crippen MR) is 130 cm³/mol. The summed E-state index contributed by atoms with van der Waals surface area (Å²) in [4.78, 5) is 17.6. The van der Waals surface area contributed by atoms with E-state index in [0.29, 0.717) is 16.7 Å². The van der Waals surface area contributed by atoms with Crippen LogP contribution in [0.3, 0.4) is 0 Å². The second-order valence-electron chi connectivity index (χ2n) is 7.38. The molecule has 9 heteroatoms. The number of thioether (sulfide) groups is 1. The fourth-order valence-corrected chi connectivity index (χ4v) is 5.54. The molecule has 1 atom stereocenters. The summed E-state index contributed by atoms with van der Waals surface area (Å²) < 4.78 is 8.26. The first-order valence-electron chi connectivity index (χ1n) is 10.2. The smallest absolute Gasteiger partial charge is 0.239 e. The molecule has 0 saturated carbocycles. The van der Waals surface area contributed by atoms with E-state index in [1.165, 1.54) is 23.1 Å². The Bertz CT molecular complexity index is 1460. The highest BCUT2D eigenvalue weighted by atomic mass is 32.2. The number of aryl methyl sites for hydroxylation is 1. The second-order valence-corrected chi connectivity index (χ2v) is 9.58. The predicted octanol–water partition coefficient (Wildman–Crippen LogP) is 5.32. The lowest BCUT2D eigenvalue weighted by atomic mass is 10.1. The van der Waals surface area contributed by atoms with Crippen LogP contribution in [0.25, 0.3) is 26.8 Å². The average Bonchev–Trinajstić information content (AvgIpc) is 3.40. The van der Waals surface area contributed by atoms with E-state index in [-0.39, 0.29) is 11.2 Å². The largest absolute Gasteiger partial charge is 0.497 e. The Hall–Kier alpha value is -3.17. The number of para-hydroxylation sites is 1. The molecule has 32 heavy (non-hydrogen) atoms. The monoisotopic (exact) mass is 463 g/mol. The molecule has 1 unspecified atom stereocenters. The first kappa shape index (κ1) is 20.7. The van der Waals surface area contributed by atoms with Crippen molar-refractivity contribution in [3.63, 3.8) is 0 Å². The van der Waals surface area contributed by atoms with Crippen molar-refractivity contribution in [1.29, 1.82) is 0 Å². The Morgan fingerprint density at radius 1 is 1.22 bits per heavy atom. The number of aromatic nitrogens is 4. The molecule has 0 fully saturated rings. The summed E-state index contributed by atoms with van der Waals surface area (Å²) in [6.07, 6.45) is 0.647. The van der Waals surface area contributed by atoms with E-state index in [9.17, 15) is 4.79 Å². The highest BCUT2D eigenvalue weighted by Crippen LogP contribution is 2.32. The summed E-state index contributed by atoms with van der Waals surface area (Å²) in [5, 5.41) is 13.8. The summed E-state index contributed by atoms with van der Waals surface area (Å²) in [6.45, 7) is 4.06. The second kappa shape index (κ2) is 8.40. The van der Waals surface area contributed by atoms with Crippen LogP contribution in [0.1, 0.15) is 18.9 Å². The van der Waals surface area contributed by atoms with Gasteiger partial charge in [-0.05, 0) is 49.2 Å². The highest BCUT2D eigenvalue weighted by molar-refractivity contribution is 8.00. The topological polar surface area (TPSA) is 81.4 Å². The number of carbonyl (C=O) groups is 1. The molecule has 7 nitrogen and oxygen atoms in total. The lowest BCUT2D eigenvalue weighted by molar-refractivity contribution is -0.115. The highest BCUT2D eigenvalue weighted by Gasteiger charge is 2.23. The maximum absolute atomic E-state index is 13.1. The number of nitrogens with one attached hydrogen (secondary N) is 1. The molecule has 0 aliphatic carbocycles. The molecule has 3 heterocycles. The molecule has 0 spiro atoms. The fourth-order valence-electron chi connectivity index (χ4n) is 3.67. The number of hydrogen-bond donors (Lipinski definition) is 1. The number of fused-ring (bicyclic) bond motifs is 4. The molecule has 0 aliphatic rings. The molecule has 1 amide bonds. The van der Waals surface area contributed by atoms with Gasteiger partial charge in [0.15, 0.2) is 15.9 Å². The number of amides is 1. The van der Waals surface area contributed by atoms with Crippen molar-refractivity contribution in [3.8, 4) is 5.75 Å². The summed E-state index contributed by atoms with van der Waals surface area (Å²) in [5.74, 6) is 0.666. The minimum absolute atomic E-state index is 0.100. The number of methoxy groups -OCH3 is 1. The molecular weight excluding hydrogens is 442 g/mol. The van der Waals surface area contributed by atoms with Crippen molar-refractivity contribution in [1.82, 2.24) is 19.6 Å². The quantitative estimate of drug-likeness (QED) is 0.343. The van der Waals surface area contributed by atoms with Gasteiger partial charge in [-0.3, -0.25) is 9.20 Å². The van der Waals surface area contributed by atoms with Gasteiger partial charge in [0.05, 0.1) is 28.1 Å². The van der Waals surface area contributed by atoms with Gasteiger partial charge in [0.25, 0.3) is 0 Å². The van der Waals surface area contributed by atoms with Crippen LogP contribution < -0.4 is 10.1 Å². The minimum atomic E-state index is -0.330. The number of hydrogen-bond acceptors (Lipinski definition) is 7. The van der Waals surface area contributed by atoms with Crippen LogP contribution in [0.15, 0.2) is 53.7 Å². The van der Waals surface area contributed by atoms with Crippen molar-refractivity contribution in [3.05, 3.63) is 54.1 Å². The average molecular weight is 464 g/mol. The van der Waals surface area contributed by atoms with Crippen LogP contribution in [-0.2, 0) is 4.79 Å². The van der Waals surface area contributed by atoms with Crippen molar-refractivity contribution in [2.45, 2.75) is 30.7 Å². The Kier molecular flexibility index (Phi) is 5.44. The maximum atomic E-state index is 13.1. The van der Waals surface area contributed by atoms with Crippen LogP contribution in [0.5, 0.6) is 5.75 Å². The summed E-state index contributed by atoms with van der Waals surface area (Å²) in [6, 6.07) is 15.9. The lowest BCUT2D eigenvalue weighted by Crippen LogP contribution is -2.24. The molecule has 3 aromatic heterocycles. The van der Waals surface area contributed by atoms with Gasteiger partial charge in [0.1, 0.15) is 5.75 Å². The molecule has 0 aliphatic heterocycles. The molecule has 2 aromatic carbocycles. The van der Waals surface area contributed by atoms with Crippen LogP contribution in [0.4, 0.5) is 5.13 Å². The Balaban J connectivity index is 1.43. The zero-order valence-corrected chi connectivity index (χ0v) is 19.5. The summed E-state index contributed by atoms with van der Waals surface area (Å²) >= 11 is 2.85. The summed E-state index contributed by atoms with van der Waals surface area (Å²) in [5.41, 5.74) is 3.79. The number of anilines is 1. The Morgan fingerprint density at radius 2 is 2.06 bits per heavy atom. The van der Waals surface area contributed by atoms with E-state index in [4.69, 9.17) is 4.74 Å². The van der Waals surface area contributed by atoms with Gasteiger partial charge >= 0.3 is 0 Å². The number of thiazole rings is 1. The van der Waals surface area contributed by atoms with Gasteiger partial charge in [-0.15, -0.1) is 10.2 Å². The van der Waals surface area contributed by atoms with Crippen LogP contribution in [0.2, 0.25) is 0 Å². The molecule has 1 N–H and O–H groups in total. The molecule has 5 rings (SSSR count). The number of carbonyl (C=O) groups excluding carboxylic acids is 1. The van der Waals surface area contributed by atoms with Gasteiger partial charge in [-0.2, -0.15) is 0 Å². The van der Waals surface area contributed by atoms with E-state index in [2.05, 4.69) is 39.6 Å². The van der Waals surface area contributed by atoms with Gasteiger partial charge in [-0.1, -0.05) is 48.2 Å². The number of rotatable bonds is 6. The Labute approximate surface area is 192 Å². The van der Waals surface area contributed by atoms with Crippen molar-refractivity contribution in [2.24, 2.45) is 0 Å². The van der Waals surface area contributed by atoms with Gasteiger partial charge in [-0.25, -0.2) is 4.98 Å². The zero-order valence-electron chi connectivity index (χ0n) is 17.8. The third-order valence-corrected chi connectivity index (χ3v) is 7.55. The van der Waals surface area contributed by atoms with E-state index in [1.807, 2.05) is 47.7 Å². The van der Waals surface area contributed by atoms with Crippen LogP contribution >= 0.6 is 23.1 Å². The molecule has 0 saturated heterocycles. The van der Waals surface area contributed by atoms with E-state index >= 15 is 0 Å². The van der Waals surface area contributed by atoms with Gasteiger partial charge in [0.2, 0.25) is 5.91 Å². The number of pyridine rings is 1. The van der Waals surface area contributed by atoms with Gasteiger partial charge < -0.3 is 10.1 Å². The minimum Gasteiger partial charge on any atom is -0.497 e. The number of nitrogens with zero attached hydrogens (tertiary/aromatic N) is 4. The molecule has 0 radical (unpaired) electrons. The number of benzene rings is 2. The van der Waals surface area contributed by atoms with Crippen molar-refractivity contribution < 1.29 is 9.53 Å². The van der Waals surface area contributed by atoms with E-state index in [0.717, 1.165) is 38.1 Å². The lowest BCUT2D eigenvalue weighted by Gasteiger charge is -2.13. The SMILES string of the molecule is CCC(Sc1nnc2cc(C)c3ccccc3n12)C(=O)Nc1nc2ccc(OC)cc2s1. The van der Waals surface area contributed by atoms with Gasteiger partial charge in [0, 0.05) is 5.39 Å². The normalized spacial score (nSPS) is 12.5. The third kappa shape index (κ3) is 3.67. The first-order chi connectivity index (χ1) is 15.6. The fraction of sp³-hybridized carbons (Fsp3) is 0.217. The molecule has 5 aromatic rings. The Morgan fingerprint density at radius 3 is 2.88 bits per heavy atom. The first-order valence-corrected chi connectivity index (χ1v) is 11.9. The van der Waals surface area contributed by atoms with Crippen molar-refractivity contribution in [2.75, 3.05) is 12.4 Å². The van der Waals surface area contributed by atoms with Crippen LogP contribution in [-0.4, -0.2) is 37.8 Å². The van der Waals surface area contributed by atoms with Crippen molar-refractivity contribution >= 4 is 60.9 Å². The molecule has 0 bridgehead atoms. The van der Waals surface area contributed by atoms with Crippen LogP contribution in [0, 0.1) is 6.92 Å². The third-order valence-electron chi connectivity index (χ3n) is 5.31. The number of ether oxygens (including phenoxy) is 1. The van der Waals surface area contributed by atoms with E-state index < -0.39 is 0 Å². The standard InChI is InChI=1S/C23H21N5O2S2/c1-4-18(21(29)25-22-24-16-10-9-14(30-3)12-19(16)31-22)32-23-27-26-20-11-13(2)15-7-5-6-8-17(15)28(20)23/h5-12,18H,4H2,1-3H3,(H,24,25,29). The molecular formula is C23H21N5O2S2. The van der Waals surface area contributed by atoms with E-state index in [1.54, 1.807) is 7.11 Å². The summed E-state index contributed by atoms with van der Waals surface area (Å²) in [7, 11) is 1.63. The zero-order chi connectivity index (χ0) is 22.2.